The molecule has 0 saturated carbocycles. The van der Waals surface area contributed by atoms with E-state index in [4.69, 9.17) is 5.73 Å². The summed E-state index contributed by atoms with van der Waals surface area (Å²) in [7, 11) is 0. The van der Waals surface area contributed by atoms with E-state index < -0.39 is 0 Å². The van der Waals surface area contributed by atoms with Crippen molar-refractivity contribution in [3.05, 3.63) is 29.8 Å². The minimum Gasteiger partial charge on any atom is -0.399 e. The summed E-state index contributed by atoms with van der Waals surface area (Å²) in [6, 6.07) is 9.11. The Morgan fingerprint density at radius 2 is 2.11 bits per heavy atom. The van der Waals surface area contributed by atoms with Crippen molar-refractivity contribution in [2.75, 3.05) is 31.9 Å². The Morgan fingerprint density at radius 3 is 3.00 bits per heavy atom. The lowest BCUT2D eigenvalue weighted by Crippen LogP contribution is -2.54. The van der Waals surface area contributed by atoms with Crippen molar-refractivity contribution in [1.29, 1.82) is 0 Å². The quantitative estimate of drug-likeness (QED) is 0.808. The van der Waals surface area contributed by atoms with Crippen molar-refractivity contribution < 1.29 is 0 Å². The Bertz CT molecular complexity index is 404. The maximum Gasteiger partial charge on any atom is 0.0317 e. The van der Waals surface area contributed by atoms with Gasteiger partial charge in [-0.1, -0.05) is 18.6 Å². The number of nitrogen functional groups attached to an aromatic ring is 1. The molecule has 0 spiro atoms. The van der Waals surface area contributed by atoms with E-state index in [0.717, 1.165) is 18.3 Å². The first-order chi connectivity index (χ1) is 8.81. The second-order valence-electron chi connectivity index (χ2n) is 5.67. The van der Waals surface area contributed by atoms with Crippen molar-refractivity contribution in [2.45, 2.75) is 31.8 Å². The molecular weight excluding hydrogens is 222 g/mol. The minimum atomic E-state index is 0.800. The van der Waals surface area contributed by atoms with Gasteiger partial charge in [0.15, 0.2) is 0 Å². The van der Waals surface area contributed by atoms with Gasteiger partial charge in [-0.3, -0.25) is 9.80 Å². The first-order valence-corrected chi connectivity index (χ1v) is 7.12. The summed E-state index contributed by atoms with van der Waals surface area (Å²) in [4.78, 5) is 5.26. The highest BCUT2D eigenvalue weighted by atomic mass is 15.3. The largest absolute Gasteiger partial charge is 0.399 e. The summed E-state index contributed by atoms with van der Waals surface area (Å²) >= 11 is 0. The zero-order valence-corrected chi connectivity index (χ0v) is 11.0. The van der Waals surface area contributed by atoms with Crippen LogP contribution in [0.3, 0.4) is 0 Å². The van der Waals surface area contributed by atoms with Crippen LogP contribution in [-0.2, 0) is 6.54 Å². The van der Waals surface area contributed by atoms with Crippen LogP contribution in [0.15, 0.2) is 24.3 Å². The van der Waals surface area contributed by atoms with Crippen LogP contribution in [0.25, 0.3) is 0 Å². The van der Waals surface area contributed by atoms with E-state index in [9.17, 15) is 0 Å². The molecule has 2 saturated heterocycles. The molecule has 2 heterocycles. The predicted octanol–water partition coefficient (Wildman–Crippen LogP) is 1.94. The molecule has 0 bridgehead atoms. The Kier molecular flexibility index (Phi) is 3.52. The van der Waals surface area contributed by atoms with Crippen molar-refractivity contribution >= 4 is 5.69 Å². The van der Waals surface area contributed by atoms with Gasteiger partial charge in [0.05, 0.1) is 0 Å². The number of rotatable bonds is 2. The summed E-state index contributed by atoms with van der Waals surface area (Å²) in [5.74, 6) is 0. The molecule has 0 radical (unpaired) electrons. The van der Waals surface area contributed by atoms with Gasteiger partial charge in [0.2, 0.25) is 0 Å². The van der Waals surface area contributed by atoms with Crippen LogP contribution in [0.4, 0.5) is 5.69 Å². The number of fused-ring (bicyclic) bond motifs is 1. The van der Waals surface area contributed by atoms with Crippen LogP contribution in [-0.4, -0.2) is 42.0 Å². The van der Waals surface area contributed by atoms with Crippen LogP contribution >= 0.6 is 0 Å². The molecule has 18 heavy (non-hydrogen) atoms. The molecule has 0 amide bonds. The summed E-state index contributed by atoms with van der Waals surface area (Å²) < 4.78 is 0. The molecule has 2 aliphatic rings. The number of hydrogen-bond acceptors (Lipinski definition) is 3. The van der Waals surface area contributed by atoms with Crippen LogP contribution < -0.4 is 5.73 Å². The number of piperidine rings is 1. The van der Waals surface area contributed by atoms with Crippen LogP contribution in [0, 0.1) is 0 Å². The second-order valence-corrected chi connectivity index (χ2v) is 5.67. The van der Waals surface area contributed by atoms with E-state index in [0.29, 0.717) is 0 Å². The van der Waals surface area contributed by atoms with Gasteiger partial charge in [-0.15, -0.1) is 0 Å². The lowest BCUT2D eigenvalue weighted by Gasteiger charge is -2.44. The van der Waals surface area contributed by atoms with Gasteiger partial charge in [0, 0.05) is 37.9 Å². The molecule has 2 aliphatic heterocycles. The fraction of sp³-hybridized carbons (Fsp3) is 0.600. The molecule has 2 N–H and O–H groups in total. The van der Waals surface area contributed by atoms with E-state index in [-0.39, 0.29) is 0 Å². The SMILES string of the molecule is Nc1cccc(CN2CCN3CCCCC3C2)c1. The highest BCUT2D eigenvalue weighted by Crippen LogP contribution is 2.22. The summed E-state index contributed by atoms with van der Waals surface area (Å²) in [6.07, 6.45) is 4.19. The van der Waals surface area contributed by atoms with E-state index in [2.05, 4.69) is 28.0 Å². The van der Waals surface area contributed by atoms with E-state index in [1.165, 1.54) is 51.0 Å². The van der Waals surface area contributed by atoms with Crippen molar-refractivity contribution in [1.82, 2.24) is 9.80 Å². The molecule has 1 atom stereocenters. The third-order valence-corrected chi connectivity index (χ3v) is 4.28. The maximum absolute atomic E-state index is 5.84. The third-order valence-electron chi connectivity index (χ3n) is 4.28. The summed E-state index contributed by atoms with van der Waals surface area (Å²) in [5, 5.41) is 0. The summed E-state index contributed by atoms with van der Waals surface area (Å²) in [6.45, 7) is 6.04. The standard InChI is InChI=1S/C15H23N3/c16-14-5-3-4-13(10-14)11-17-8-9-18-7-2-1-6-15(18)12-17/h3-5,10,15H,1-2,6-9,11-12,16H2. The molecule has 2 fully saturated rings. The fourth-order valence-corrected chi connectivity index (χ4v) is 3.31. The highest BCUT2D eigenvalue weighted by Gasteiger charge is 2.28. The fourth-order valence-electron chi connectivity index (χ4n) is 3.31. The Labute approximate surface area is 110 Å². The van der Waals surface area contributed by atoms with E-state index in [1.807, 2.05) is 6.07 Å². The molecule has 0 aromatic heterocycles. The normalized spacial score (nSPS) is 25.9. The molecule has 1 unspecified atom stereocenters. The average Bonchev–Trinajstić information content (AvgIpc) is 2.39. The minimum absolute atomic E-state index is 0.800. The van der Waals surface area contributed by atoms with Gasteiger partial charge in [-0.25, -0.2) is 0 Å². The zero-order valence-electron chi connectivity index (χ0n) is 11.0. The lowest BCUT2D eigenvalue weighted by atomic mass is 9.99. The molecule has 3 nitrogen and oxygen atoms in total. The van der Waals surface area contributed by atoms with Gasteiger partial charge in [0.25, 0.3) is 0 Å². The number of anilines is 1. The molecule has 98 valence electrons. The number of nitrogens with zero attached hydrogens (tertiary/aromatic N) is 2. The molecule has 0 aliphatic carbocycles. The van der Waals surface area contributed by atoms with Gasteiger partial charge in [0.1, 0.15) is 0 Å². The van der Waals surface area contributed by atoms with Gasteiger partial charge in [-0.2, -0.15) is 0 Å². The third kappa shape index (κ3) is 2.68. The maximum atomic E-state index is 5.84. The number of hydrogen-bond donors (Lipinski definition) is 1. The van der Waals surface area contributed by atoms with Crippen LogP contribution in [0.2, 0.25) is 0 Å². The topological polar surface area (TPSA) is 32.5 Å². The zero-order chi connectivity index (χ0) is 12.4. The van der Waals surface area contributed by atoms with Gasteiger partial charge < -0.3 is 5.73 Å². The van der Waals surface area contributed by atoms with E-state index >= 15 is 0 Å². The lowest BCUT2D eigenvalue weighted by molar-refractivity contribution is 0.0457. The molecule has 1 aromatic carbocycles. The molecule has 3 heteroatoms. The second kappa shape index (κ2) is 5.29. The van der Waals surface area contributed by atoms with Crippen LogP contribution in [0.5, 0.6) is 0 Å². The summed E-state index contributed by atoms with van der Waals surface area (Å²) in [5.41, 5.74) is 8.07. The van der Waals surface area contributed by atoms with Crippen molar-refractivity contribution in [3.8, 4) is 0 Å². The molecule has 1 aromatic rings. The highest BCUT2D eigenvalue weighted by molar-refractivity contribution is 5.40. The van der Waals surface area contributed by atoms with E-state index in [1.54, 1.807) is 0 Å². The van der Waals surface area contributed by atoms with Gasteiger partial charge in [-0.05, 0) is 37.1 Å². The number of nitrogens with two attached hydrogens (primary N) is 1. The monoisotopic (exact) mass is 245 g/mol. The predicted molar refractivity (Wildman–Crippen MR) is 75.3 cm³/mol. The molecular formula is C15H23N3. The number of benzene rings is 1. The Hall–Kier alpha value is -1.06. The molecule has 3 rings (SSSR count). The first kappa shape index (κ1) is 12.0. The smallest absolute Gasteiger partial charge is 0.0317 e. The Balaban J connectivity index is 1.61. The first-order valence-electron chi connectivity index (χ1n) is 7.12. The Morgan fingerprint density at radius 1 is 1.17 bits per heavy atom. The number of piperazine rings is 1. The van der Waals surface area contributed by atoms with Crippen molar-refractivity contribution in [3.63, 3.8) is 0 Å². The average molecular weight is 245 g/mol. The van der Waals surface area contributed by atoms with Crippen LogP contribution in [0.1, 0.15) is 24.8 Å². The van der Waals surface area contributed by atoms with Crippen molar-refractivity contribution in [2.24, 2.45) is 0 Å². The van der Waals surface area contributed by atoms with Gasteiger partial charge >= 0.3 is 0 Å².